The maximum Gasteiger partial charge on any atom is 0.104 e. The second-order valence-electron chi connectivity index (χ2n) is 21.0. The van der Waals surface area contributed by atoms with Crippen LogP contribution in [0.3, 0.4) is 0 Å². The zero-order valence-corrected chi connectivity index (χ0v) is 44.9. The standard InChI is InChI=1S/C64H118N/c1-4-7-10-13-16-19-22-25-28-31-34-37-40-43-46-49-55-60-65(63-64-58-53-52-54-59-64,61-56-50-47-44-41-38-35-32-29-26-23-20-17-14-11-8-5-2)62-57-51-48-45-42-39-36-33-30-27-24-21-18-15-12-9-6-3/h40-45,52-54,58-59H,4-39,46-51,55-57,60-63H2,1-3H3/q+1/b43-40+,44-41+,45-42+. The van der Waals surface area contributed by atoms with Gasteiger partial charge in [-0.3, -0.25) is 0 Å². The van der Waals surface area contributed by atoms with E-state index in [2.05, 4.69) is 87.6 Å². The van der Waals surface area contributed by atoms with Gasteiger partial charge in [0.15, 0.2) is 0 Å². The maximum absolute atomic E-state index is 2.52. The first-order valence-corrected chi connectivity index (χ1v) is 30.1. The van der Waals surface area contributed by atoms with Gasteiger partial charge in [-0.15, -0.1) is 0 Å². The SMILES string of the molecule is CCCCCCCCCCCCC/C=C/CCCC[N+](CCCC/C=C/CCCCCCCCCCCCC)(CCCC/C=C/CCCCCCCCCCCCC)Cc1ccccc1. The first-order chi connectivity index (χ1) is 32.3. The number of nitrogens with zero attached hydrogens (tertiary/aromatic N) is 1. The molecule has 0 N–H and O–H groups in total. The molecule has 0 bridgehead atoms. The molecule has 1 aromatic rings. The Hall–Kier alpha value is -1.60. The number of unbranched alkanes of at least 4 members (excludes halogenated alkanes) is 39. The van der Waals surface area contributed by atoms with Crippen molar-refractivity contribution >= 4 is 0 Å². The molecular formula is C64H118N+. The summed E-state index contributed by atoms with van der Waals surface area (Å²) in [6.45, 7) is 12.2. The average molecular weight is 902 g/mol. The number of hydrogen-bond donors (Lipinski definition) is 0. The number of allylic oxidation sites excluding steroid dienone is 6. The van der Waals surface area contributed by atoms with Crippen molar-refractivity contribution in [3.63, 3.8) is 0 Å². The molecule has 0 heterocycles. The molecular weight excluding hydrogens is 783 g/mol. The summed E-state index contributed by atoms with van der Waals surface area (Å²) in [6, 6.07) is 11.5. The van der Waals surface area contributed by atoms with Crippen molar-refractivity contribution in [2.75, 3.05) is 19.6 Å². The predicted molar refractivity (Wildman–Crippen MR) is 297 cm³/mol. The molecule has 0 atom stereocenters. The van der Waals surface area contributed by atoms with Gasteiger partial charge in [0, 0.05) is 5.56 Å². The van der Waals surface area contributed by atoms with Gasteiger partial charge in [0.2, 0.25) is 0 Å². The summed E-state index contributed by atoms with van der Waals surface area (Å²) < 4.78 is 1.29. The fraction of sp³-hybridized carbons (Fsp3) is 0.812. The van der Waals surface area contributed by atoms with Crippen LogP contribution < -0.4 is 0 Å². The lowest BCUT2D eigenvalue weighted by Gasteiger charge is -2.39. The molecule has 0 aromatic heterocycles. The van der Waals surface area contributed by atoms with Crippen molar-refractivity contribution in [3.05, 3.63) is 72.4 Å². The van der Waals surface area contributed by atoms with Crippen LogP contribution in [-0.4, -0.2) is 24.1 Å². The van der Waals surface area contributed by atoms with E-state index in [1.54, 1.807) is 0 Å². The van der Waals surface area contributed by atoms with E-state index in [9.17, 15) is 0 Å². The summed E-state index contributed by atoms with van der Waals surface area (Å²) in [6.07, 6.45) is 78.1. The van der Waals surface area contributed by atoms with Gasteiger partial charge in [0.05, 0.1) is 19.6 Å². The minimum Gasteiger partial charge on any atom is -0.320 e. The second kappa shape index (κ2) is 51.8. The highest BCUT2D eigenvalue weighted by Crippen LogP contribution is 2.22. The third-order valence-corrected chi connectivity index (χ3v) is 14.5. The first-order valence-electron chi connectivity index (χ1n) is 30.1. The number of benzene rings is 1. The molecule has 0 fully saturated rings. The Morgan fingerprint density at radius 1 is 0.262 bits per heavy atom. The van der Waals surface area contributed by atoms with Gasteiger partial charge in [-0.1, -0.05) is 280 Å². The summed E-state index contributed by atoms with van der Waals surface area (Å²) >= 11 is 0. The summed E-state index contributed by atoms with van der Waals surface area (Å²) in [7, 11) is 0. The van der Waals surface area contributed by atoms with Crippen molar-refractivity contribution in [3.8, 4) is 0 Å². The van der Waals surface area contributed by atoms with Crippen LogP contribution in [0.2, 0.25) is 0 Å². The molecule has 0 aliphatic carbocycles. The minimum absolute atomic E-state index is 1.21. The lowest BCUT2D eigenvalue weighted by molar-refractivity contribution is -0.941. The van der Waals surface area contributed by atoms with Gasteiger partial charge >= 0.3 is 0 Å². The molecule has 65 heavy (non-hydrogen) atoms. The smallest absolute Gasteiger partial charge is 0.104 e. The maximum atomic E-state index is 2.52. The topological polar surface area (TPSA) is 0 Å². The Kier molecular flexibility index (Phi) is 48.9. The molecule has 0 spiro atoms. The van der Waals surface area contributed by atoms with Gasteiger partial charge in [-0.2, -0.15) is 0 Å². The molecule has 1 nitrogen and oxygen atoms in total. The molecule has 1 heteroatoms. The zero-order valence-electron chi connectivity index (χ0n) is 44.9. The quantitative estimate of drug-likeness (QED) is 0.0347. The third kappa shape index (κ3) is 44.7. The van der Waals surface area contributed by atoms with Crippen LogP contribution in [-0.2, 0) is 6.54 Å². The van der Waals surface area contributed by atoms with E-state index in [-0.39, 0.29) is 0 Å². The van der Waals surface area contributed by atoms with Crippen LogP contribution in [0.1, 0.15) is 315 Å². The molecule has 0 saturated carbocycles. The molecule has 0 saturated heterocycles. The summed E-state index contributed by atoms with van der Waals surface area (Å²) in [4.78, 5) is 0. The van der Waals surface area contributed by atoms with Gasteiger partial charge in [-0.05, 0) is 96.3 Å². The average Bonchev–Trinajstić information content (AvgIpc) is 3.32. The number of rotatable bonds is 53. The van der Waals surface area contributed by atoms with Gasteiger partial charge in [-0.25, -0.2) is 0 Å². The molecule has 0 amide bonds. The monoisotopic (exact) mass is 901 g/mol. The highest BCUT2D eigenvalue weighted by Gasteiger charge is 2.26. The highest BCUT2D eigenvalue weighted by atomic mass is 15.3. The van der Waals surface area contributed by atoms with E-state index >= 15 is 0 Å². The van der Waals surface area contributed by atoms with Gasteiger partial charge in [0.1, 0.15) is 6.54 Å². The lowest BCUT2D eigenvalue weighted by Crippen LogP contribution is -2.49. The van der Waals surface area contributed by atoms with E-state index < -0.39 is 0 Å². The van der Waals surface area contributed by atoms with Crippen LogP contribution in [0, 0.1) is 0 Å². The van der Waals surface area contributed by atoms with Gasteiger partial charge in [0.25, 0.3) is 0 Å². The molecule has 0 unspecified atom stereocenters. The van der Waals surface area contributed by atoms with Crippen molar-refractivity contribution < 1.29 is 4.48 Å². The Morgan fingerprint density at radius 2 is 0.477 bits per heavy atom. The lowest BCUT2D eigenvalue weighted by atomic mass is 10.0. The van der Waals surface area contributed by atoms with Crippen LogP contribution in [0.4, 0.5) is 0 Å². The highest BCUT2D eigenvalue weighted by molar-refractivity contribution is 5.13. The molecule has 378 valence electrons. The molecule has 0 radical (unpaired) electrons. The molecule has 0 aliphatic heterocycles. The van der Waals surface area contributed by atoms with E-state index in [0.29, 0.717) is 0 Å². The predicted octanol–water partition coefficient (Wildman–Crippen LogP) is 22.3. The number of hydrogen-bond acceptors (Lipinski definition) is 0. The van der Waals surface area contributed by atoms with Crippen molar-refractivity contribution in [1.82, 2.24) is 0 Å². The van der Waals surface area contributed by atoms with Gasteiger partial charge < -0.3 is 4.48 Å². The van der Waals surface area contributed by atoms with Crippen LogP contribution in [0.25, 0.3) is 0 Å². The van der Waals surface area contributed by atoms with E-state index in [0.717, 1.165) is 0 Å². The zero-order chi connectivity index (χ0) is 46.5. The summed E-state index contributed by atoms with van der Waals surface area (Å²) in [5.41, 5.74) is 1.54. The van der Waals surface area contributed by atoms with Crippen LogP contribution in [0.5, 0.6) is 0 Å². The summed E-state index contributed by atoms with van der Waals surface area (Å²) in [5, 5.41) is 0. The Bertz CT molecular complexity index is 1010. The number of quaternary nitrogens is 1. The fourth-order valence-corrected chi connectivity index (χ4v) is 10.2. The van der Waals surface area contributed by atoms with Crippen molar-refractivity contribution in [1.29, 1.82) is 0 Å². The first kappa shape index (κ1) is 61.4. The Labute approximate surface area is 410 Å². The molecule has 1 rings (SSSR count). The second-order valence-corrected chi connectivity index (χ2v) is 21.0. The van der Waals surface area contributed by atoms with Crippen molar-refractivity contribution in [2.24, 2.45) is 0 Å². The van der Waals surface area contributed by atoms with E-state index in [1.807, 2.05) is 0 Å². The van der Waals surface area contributed by atoms with Crippen LogP contribution in [0.15, 0.2) is 66.8 Å². The van der Waals surface area contributed by atoms with Crippen LogP contribution >= 0.6 is 0 Å². The minimum atomic E-state index is 1.21. The largest absolute Gasteiger partial charge is 0.320 e. The van der Waals surface area contributed by atoms with E-state index in [1.165, 1.54) is 325 Å². The molecule has 0 aliphatic rings. The normalized spacial score (nSPS) is 12.3. The third-order valence-electron chi connectivity index (χ3n) is 14.5. The Morgan fingerprint density at radius 3 is 0.723 bits per heavy atom. The van der Waals surface area contributed by atoms with Crippen molar-refractivity contribution in [2.45, 2.75) is 316 Å². The fourth-order valence-electron chi connectivity index (χ4n) is 10.2. The summed E-state index contributed by atoms with van der Waals surface area (Å²) in [5.74, 6) is 0. The molecule has 1 aromatic carbocycles. The Balaban J connectivity index is 2.52. The van der Waals surface area contributed by atoms with E-state index in [4.69, 9.17) is 0 Å².